The van der Waals surface area contributed by atoms with Crippen molar-refractivity contribution >= 4 is 62.3 Å². The van der Waals surface area contributed by atoms with Crippen LogP contribution >= 0.6 is 23.4 Å². The first-order chi connectivity index (χ1) is 19.7. The molecule has 2 N–H and O–H groups in total. The zero-order valence-corrected chi connectivity index (χ0v) is 24.3. The summed E-state index contributed by atoms with van der Waals surface area (Å²) in [5.74, 6) is -0.694. The molecule has 1 heterocycles. The first-order valence-corrected chi connectivity index (χ1v) is 15.0. The summed E-state index contributed by atoms with van der Waals surface area (Å²) in [7, 11) is -2.41. The van der Waals surface area contributed by atoms with Crippen molar-refractivity contribution in [2.45, 2.75) is 16.7 Å². The fraction of sp³-hybridized carbons (Fsp3) is 0.0667. The van der Waals surface area contributed by atoms with Crippen LogP contribution < -0.4 is 19.7 Å². The van der Waals surface area contributed by atoms with Crippen LogP contribution in [-0.2, 0) is 19.6 Å². The van der Waals surface area contributed by atoms with Gasteiger partial charge in [0.25, 0.3) is 21.8 Å². The number of amides is 2. The zero-order valence-electron chi connectivity index (χ0n) is 21.9. The third-order valence-electron chi connectivity index (χ3n) is 6.09. The van der Waals surface area contributed by atoms with Crippen molar-refractivity contribution in [2.24, 2.45) is 0 Å². The van der Waals surface area contributed by atoms with Crippen molar-refractivity contribution in [2.75, 3.05) is 22.0 Å². The molecule has 0 aromatic heterocycles. The summed E-state index contributed by atoms with van der Waals surface area (Å²) in [6.07, 6.45) is 0. The van der Waals surface area contributed by atoms with E-state index in [1.54, 1.807) is 48.5 Å². The van der Waals surface area contributed by atoms with E-state index in [2.05, 4.69) is 10.0 Å². The molecule has 4 aromatic carbocycles. The van der Waals surface area contributed by atoms with Crippen molar-refractivity contribution in [1.82, 2.24) is 0 Å². The van der Waals surface area contributed by atoms with E-state index in [0.717, 1.165) is 22.2 Å². The van der Waals surface area contributed by atoms with E-state index < -0.39 is 21.8 Å². The van der Waals surface area contributed by atoms with Gasteiger partial charge in [0.2, 0.25) is 0 Å². The highest BCUT2D eigenvalue weighted by molar-refractivity contribution is 8.04. The Labute approximate surface area is 247 Å². The van der Waals surface area contributed by atoms with Crippen LogP contribution in [0.1, 0.15) is 5.56 Å². The molecular formula is C30H24ClN3O5S2. The number of para-hydroxylation sites is 1. The van der Waals surface area contributed by atoms with Crippen molar-refractivity contribution in [3.8, 4) is 5.75 Å². The lowest BCUT2D eigenvalue weighted by molar-refractivity contribution is -0.120. The van der Waals surface area contributed by atoms with Gasteiger partial charge in [-0.25, -0.2) is 13.3 Å². The van der Waals surface area contributed by atoms with Gasteiger partial charge in [-0.15, -0.1) is 0 Å². The molecule has 0 fully saturated rings. The van der Waals surface area contributed by atoms with Gasteiger partial charge < -0.3 is 10.1 Å². The van der Waals surface area contributed by atoms with Crippen LogP contribution in [-0.4, -0.2) is 27.3 Å². The number of nitrogens with one attached hydrogen (secondary N) is 2. The number of thioether (sulfide) groups is 1. The average Bonchev–Trinajstić information content (AvgIpc) is 3.17. The number of hydrogen-bond donors (Lipinski definition) is 2. The van der Waals surface area contributed by atoms with Crippen molar-refractivity contribution in [1.29, 1.82) is 0 Å². The van der Waals surface area contributed by atoms with E-state index >= 15 is 0 Å². The normalized spacial score (nSPS) is 13.5. The van der Waals surface area contributed by atoms with Crippen LogP contribution in [0.25, 0.3) is 0 Å². The van der Waals surface area contributed by atoms with E-state index in [1.807, 2.05) is 31.2 Å². The summed E-state index contributed by atoms with van der Waals surface area (Å²) >= 11 is 6.95. The molecule has 11 heteroatoms. The maximum absolute atomic E-state index is 13.8. The second-order valence-corrected chi connectivity index (χ2v) is 12.2. The molecule has 0 aliphatic carbocycles. The third kappa shape index (κ3) is 6.09. The molecule has 1 aliphatic heterocycles. The Balaban J connectivity index is 1.50. The number of carbonyl (C=O) groups is 2. The Morgan fingerprint density at radius 2 is 1.54 bits per heavy atom. The molecule has 0 saturated carbocycles. The minimum absolute atomic E-state index is 0.0522. The van der Waals surface area contributed by atoms with Gasteiger partial charge in [0, 0.05) is 21.3 Å². The molecule has 41 heavy (non-hydrogen) atoms. The average molecular weight is 606 g/mol. The standard InChI is InChI=1S/C30H24ClN3O5S2/c1-19-11-16-26(39-2)25(17-19)34-29(35)27(32-21-7-4-3-5-8-21)28(30(34)36)40-23-10-6-9-22(18-23)33-41(37,38)24-14-12-20(31)13-15-24/h3-18,32-33H,1-2H3. The van der Waals surface area contributed by atoms with Gasteiger partial charge in [-0.2, -0.15) is 0 Å². The first kappa shape index (κ1) is 28.3. The SMILES string of the molecule is COc1ccc(C)cc1N1C(=O)C(Nc2ccccc2)=C(Sc2cccc(NS(=O)(=O)c3ccc(Cl)cc3)c2)C1=O. The molecule has 1 aliphatic rings. The number of ether oxygens (including phenoxy) is 1. The molecule has 208 valence electrons. The van der Waals surface area contributed by atoms with E-state index in [4.69, 9.17) is 16.3 Å². The highest BCUT2D eigenvalue weighted by atomic mass is 35.5. The summed E-state index contributed by atoms with van der Waals surface area (Å²) in [6.45, 7) is 1.86. The number of aryl methyl sites for hydroxylation is 1. The predicted molar refractivity (Wildman–Crippen MR) is 162 cm³/mol. The number of benzene rings is 4. The fourth-order valence-corrected chi connectivity index (χ4v) is 6.31. The molecule has 0 radical (unpaired) electrons. The number of carbonyl (C=O) groups excluding carboxylic acids is 2. The summed E-state index contributed by atoms with van der Waals surface area (Å²) in [5.41, 5.74) is 2.19. The quantitative estimate of drug-likeness (QED) is 0.211. The van der Waals surface area contributed by atoms with Crippen molar-refractivity contribution in [3.05, 3.63) is 118 Å². The largest absolute Gasteiger partial charge is 0.495 e. The van der Waals surface area contributed by atoms with Crippen molar-refractivity contribution in [3.63, 3.8) is 0 Å². The Bertz CT molecular complexity index is 1780. The van der Waals surface area contributed by atoms with Crippen LogP contribution in [0.2, 0.25) is 5.02 Å². The molecule has 5 rings (SSSR count). The molecule has 2 amide bonds. The Morgan fingerprint density at radius 1 is 0.829 bits per heavy atom. The van der Waals surface area contributed by atoms with Gasteiger partial charge in [0.05, 0.1) is 17.7 Å². The highest BCUT2D eigenvalue weighted by Crippen LogP contribution is 2.41. The maximum Gasteiger partial charge on any atom is 0.283 e. The van der Waals surface area contributed by atoms with Gasteiger partial charge in [-0.05, 0) is 79.2 Å². The van der Waals surface area contributed by atoms with Gasteiger partial charge in [0.15, 0.2) is 0 Å². The van der Waals surface area contributed by atoms with Gasteiger partial charge in [-0.1, -0.05) is 53.7 Å². The lowest BCUT2D eigenvalue weighted by Crippen LogP contribution is -2.32. The summed E-state index contributed by atoms with van der Waals surface area (Å²) in [6, 6.07) is 26.7. The number of methoxy groups -OCH3 is 1. The van der Waals surface area contributed by atoms with Crippen LogP contribution in [0.15, 0.2) is 117 Å². The van der Waals surface area contributed by atoms with E-state index in [0.29, 0.717) is 27.0 Å². The second-order valence-electron chi connectivity index (χ2n) is 9.01. The number of imide groups is 1. The molecule has 8 nitrogen and oxygen atoms in total. The first-order valence-electron chi connectivity index (χ1n) is 12.3. The zero-order chi connectivity index (χ0) is 29.1. The van der Waals surface area contributed by atoms with Gasteiger partial charge >= 0.3 is 0 Å². The number of rotatable bonds is 9. The Kier molecular flexibility index (Phi) is 8.07. The third-order valence-corrected chi connectivity index (χ3v) is 8.81. The molecule has 0 spiro atoms. The van der Waals surface area contributed by atoms with Gasteiger partial charge in [0.1, 0.15) is 16.4 Å². The number of anilines is 3. The topological polar surface area (TPSA) is 105 Å². The number of sulfonamides is 1. The van der Waals surface area contributed by atoms with E-state index in [-0.39, 0.29) is 21.2 Å². The van der Waals surface area contributed by atoms with Crippen molar-refractivity contribution < 1.29 is 22.7 Å². The summed E-state index contributed by atoms with van der Waals surface area (Å²) < 4.78 is 33.8. The monoisotopic (exact) mass is 605 g/mol. The molecule has 0 atom stereocenters. The second kappa shape index (κ2) is 11.7. The highest BCUT2D eigenvalue weighted by Gasteiger charge is 2.41. The van der Waals surface area contributed by atoms with Crippen LogP contribution in [0.3, 0.4) is 0 Å². The fourth-order valence-electron chi connectivity index (χ4n) is 4.14. The van der Waals surface area contributed by atoms with Crippen LogP contribution in [0.4, 0.5) is 17.1 Å². The Hall–Kier alpha value is -4.25. The smallest absolute Gasteiger partial charge is 0.283 e. The van der Waals surface area contributed by atoms with Crippen LogP contribution in [0, 0.1) is 6.92 Å². The minimum atomic E-state index is -3.89. The lowest BCUT2D eigenvalue weighted by atomic mass is 10.2. The number of nitrogens with zero attached hydrogens (tertiary/aromatic N) is 1. The van der Waals surface area contributed by atoms with Gasteiger partial charge in [-0.3, -0.25) is 14.3 Å². The molecule has 4 aromatic rings. The van der Waals surface area contributed by atoms with Crippen LogP contribution in [0.5, 0.6) is 5.75 Å². The predicted octanol–water partition coefficient (Wildman–Crippen LogP) is 6.45. The maximum atomic E-state index is 13.8. The van der Waals surface area contributed by atoms with E-state index in [9.17, 15) is 18.0 Å². The Morgan fingerprint density at radius 3 is 2.24 bits per heavy atom. The molecule has 0 saturated heterocycles. The number of halogens is 1. The van der Waals surface area contributed by atoms with E-state index in [1.165, 1.54) is 31.4 Å². The minimum Gasteiger partial charge on any atom is -0.495 e. The lowest BCUT2D eigenvalue weighted by Gasteiger charge is -2.19. The summed E-state index contributed by atoms with van der Waals surface area (Å²) in [4.78, 5) is 29.4. The molecular weight excluding hydrogens is 582 g/mol. The summed E-state index contributed by atoms with van der Waals surface area (Å²) in [5, 5.41) is 3.53. The number of hydrogen-bond acceptors (Lipinski definition) is 7. The molecule has 0 bridgehead atoms. The molecule has 0 unspecified atom stereocenters.